The van der Waals surface area contributed by atoms with E-state index in [1.54, 1.807) is 30.5 Å². The largest absolute Gasteiger partial charge is 3.00 e. The zero-order valence-electron chi connectivity index (χ0n) is 12.0. The van der Waals surface area contributed by atoms with Gasteiger partial charge in [0.2, 0.25) is 0 Å². The normalized spacial score (nSPS) is 9.25. The van der Waals surface area contributed by atoms with Gasteiger partial charge in [-0.15, -0.1) is 18.2 Å². The zero-order chi connectivity index (χ0) is 16.7. The average Bonchev–Trinajstić information content (AvgIpc) is 2.57. The van der Waals surface area contributed by atoms with Crippen molar-refractivity contribution < 1.29 is 38.2 Å². The topological polar surface area (TPSA) is 65.9 Å². The molecule has 7 heteroatoms. The Balaban J connectivity index is 0.000000252. The molecule has 0 aliphatic carbocycles. The number of hydrogen-bond donors (Lipinski definition) is 0. The third-order valence-electron chi connectivity index (χ3n) is 2.58. The van der Waals surface area contributed by atoms with E-state index in [-0.39, 0.29) is 30.7 Å². The predicted octanol–water partition coefficient (Wildman–Crippen LogP) is 2.07. The molecule has 0 bridgehead atoms. The first-order chi connectivity index (χ1) is 11.1. The Morgan fingerprint density at radius 2 is 1.83 bits per heavy atom. The maximum Gasteiger partial charge on any atom is 3.00 e. The van der Waals surface area contributed by atoms with Gasteiger partial charge in [-0.1, -0.05) is 23.8 Å². The van der Waals surface area contributed by atoms with Crippen molar-refractivity contribution in [3.05, 3.63) is 84.3 Å². The van der Waals surface area contributed by atoms with Gasteiger partial charge in [0.25, 0.3) is 0 Å². The van der Waals surface area contributed by atoms with Gasteiger partial charge in [-0.05, 0) is 29.6 Å². The standard InChI is InChI=1S/C11H6F2N.C6H4NO2.Ru/c12-8-4-5-9(10(13)7-8)11-3-1-2-6-14-11;8-6(9)5-3-1-2-4-7-5;/h1-4,6-7H;1-2,4H,(H,8,9);/q2*-1;+3/p-1. The first kappa shape index (κ1) is 19.5. The molecule has 0 aliphatic heterocycles. The SMILES string of the molecule is Fc1c[c-]c(-c2ccccn2)c(F)c1.O=C([O-])c1[c-]cccn1.[Ru+3]. The molecule has 121 valence electrons. The number of hydrogen-bond acceptors (Lipinski definition) is 4. The monoisotopic (exact) mass is 413 g/mol. The molecular formula is C17H9F2N2O2Ru. The summed E-state index contributed by atoms with van der Waals surface area (Å²) in [7, 11) is 0. The van der Waals surface area contributed by atoms with Gasteiger partial charge < -0.3 is 14.9 Å². The Bertz CT molecular complexity index is 787. The van der Waals surface area contributed by atoms with Crippen molar-refractivity contribution in [1.29, 1.82) is 0 Å². The number of rotatable bonds is 2. The first-order valence-electron chi connectivity index (χ1n) is 6.40. The fourth-order valence-electron chi connectivity index (χ4n) is 1.59. The summed E-state index contributed by atoms with van der Waals surface area (Å²) in [6, 6.07) is 15.0. The molecule has 3 aromatic rings. The predicted molar refractivity (Wildman–Crippen MR) is 75.8 cm³/mol. The average molecular weight is 412 g/mol. The van der Waals surface area contributed by atoms with Gasteiger partial charge in [0.1, 0.15) is 0 Å². The minimum absolute atomic E-state index is 0. The number of aromatic carboxylic acids is 1. The molecular weight excluding hydrogens is 403 g/mol. The molecule has 2 heterocycles. The van der Waals surface area contributed by atoms with Crippen molar-refractivity contribution in [3.63, 3.8) is 0 Å². The number of nitrogens with zero attached hydrogens (tertiary/aromatic N) is 2. The summed E-state index contributed by atoms with van der Waals surface area (Å²) >= 11 is 0. The molecule has 0 saturated heterocycles. The summed E-state index contributed by atoms with van der Waals surface area (Å²) in [6.07, 6.45) is 2.92. The van der Waals surface area contributed by atoms with Crippen LogP contribution in [-0.4, -0.2) is 15.9 Å². The molecule has 0 atom stereocenters. The number of carboxylic acids is 1. The van der Waals surface area contributed by atoms with Crippen molar-refractivity contribution in [2.45, 2.75) is 0 Å². The van der Waals surface area contributed by atoms with E-state index >= 15 is 0 Å². The summed E-state index contributed by atoms with van der Waals surface area (Å²) < 4.78 is 25.8. The summed E-state index contributed by atoms with van der Waals surface area (Å²) in [5.74, 6) is -2.58. The van der Waals surface area contributed by atoms with Crippen molar-refractivity contribution in [2.24, 2.45) is 0 Å². The second kappa shape index (κ2) is 9.58. The summed E-state index contributed by atoms with van der Waals surface area (Å²) in [5.41, 5.74) is 0.481. The smallest absolute Gasteiger partial charge is 0.619 e. The van der Waals surface area contributed by atoms with Crippen LogP contribution in [0.1, 0.15) is 10.5 Å². The van der Waals surface area contributed by atoms with Crippen LogP contribution in [0, 0.1) is 23.8 Å². The van der Waals surface area contributed by atoms with Crippen molar-refractivity contribution >= 4 is 5.97 Å². The van der Waals surface area contributed by atoms with Crippen molar-refractivity contribution in [2.75, 3.05) is 0 Å². The van der Waals surface area contributed by atoms with E-state index in [0.29, 0.717) is 5.69 Å². The fraction of sp³-hybridized carbons (Fsp3) is 0. The van der Waals surface area contributed by atoms with E-state index in [1.807, 2.05) is 0 Å². The Morgan fingerprint density at radius 3 is 2.33 bits per heavy atom. The molecule has 3 rings (SSSR count). The second-order valence-corrected chi connectivity index (χ2v) is 4.17. The number of carboxylic acid groups (broad SMARTS) is 1. The summed E-state index contributed by atoms with van der Waals surface area (Å²) in [4.78, 5) is 17.4. The van der Waals surface area contributed by atoms with Gasteiger partial charge in [-0.2, -0.15) is 12.1 Å². The van der Waals surface area contributed by atoms with Gasteiger partial charge in [0.15, 0.2) is 0 Å². The number of carbonyl (C=O) groups excluding carboxylic acids is 1. The molecule has 0 aliphatic rings. The van der Waals surface area contributed by atoms with Crippen LogP contribution in [0.2, 0.25) is 0 Å². The molecule has 4 nitrogen and oxygen atoms in total. The zero-order valence-corrected chi connectivity index (χ0v) is 13.8. The van der Waals surface area contributed by atoms with Crippen LogP contribution in [0.3, 0.4) is 0 Å². The molecule has 2 aromatic heterocycles. The Kier molecular flexibility index (Phi) is 7.79. The summed E-state index contributed by atoms with van der Waals surface area (Å²) in [6.45, 7) is 0. The number of halogens is 2. The maximum absolute atomic E-state index is 13.2. The van der Waals surface area contributed by atoms with Crippen LogP contribution < -0.4 is 5.11 Å². The number of benzene rings is 1. The van der Waals surface area contributed by atoms with Crippen LogP contribution in [-0.2, 0) is 19.5 Å². The van der Waals surface area contributed by atoms with E-state index in [2.05, 4.69) is 22.1 Å². The van der Waals surface area contributed by atoms with Gasteiger partial charge in [0, 0.05) is 17.8 Å². The number of aromatic nitrogens is 2. The molecule has 1 radical (unpaired) electrons. The molecule has 0 amide bonds. The van der Waals surface area contributed by atoms with Crippen LogP contribution in [0.25, 0.3) is 11.3 Å². The molecule has 0 spiro atoms. The van der Waals surface area contributed by atoms with Crippen LogP contribution in [0.4, 0.5) is 8.78 Å². The first-order valence-corrected chi connectivity index (χ1v) is 6.40. The van der Waals surface area contributed by atoms with E-state index in [0.717, 1.165) is 12.1 Å². The third-order valence-corrected chi connectivity index (χ3v) is 2.58. The van der Waals surface area contributed by atoms with E-state index in [1.165, 1.54) is 12.3 Å². The van der Waals surface area contributed by atoms with E-state index < -0.39 is 17.6 Å². The maximum atomic E-state index is 13.2. The second-order valence-electron chi connectivity index (χ2n) is 4.17. The van der Waals surface area contributed by atoms with Crippen LogP contribution in [0.5, 0.6) is 0 Å². The van der Waals surface area contributed by atoms with Gasteiger partial charge >= 0.3 is 19.5 Å². The van der Waals surface area contributed by atoms with Gasteiger partial charge in [-0.25, -0.2) is 0 Å². The molecule has 1 aromatic carbocycles. The van der Waals surface area contributed by atoms with Crippen LogP contribution in [0.15, 0.2) is 54.9 Å². The third kappa shape index (κ3) is 5.59. The van der Waals surface area contributed by atoms with E-state index in [9.17, 15) is 18.7 Å². The Labute approximate surface area is 150 Å². The van der Waals surface area contributed by atoms with Crippen molar-refractivity contribution in [1.82, 2.24) is 9.97 Å². The molecule has 0 fully saturated rings. The molecule has 0 saturated carbocycles. The van der Waals surface area contributed by atoms with Crippen molar-refractivity contribution in [3.8, 4) is 11.3 Å². The fourth-order valence-corrected chi connectivity index (χ4v) is 1.59. The minimum Gasteiger partial charge on any atom is -0.619 e. The minimum atomic E-state index is -1.30. The number of carbonyl (C=O) groups is 1. The molecule has 0 N–H and O–H groups in total. The Morgan fingerprint density at radius 1 is 1.08 bits per heavy atom. The van der Waals surface area contributed by atoms with Gasteiger partial charge in [-0.3, -0.25) is 13.8 Å². The van der Waals surface area contributed by atoms with Crippen LogP contribution >= 0.6 is 0 Å². The molecule has 24 heavy (non-hydrogen) atoms. The summed E-state index contributed by atoms with van der Waals surface area (Å²) in [5, 5.41) is 10.00. The van der Waals surface area contributed by atoms with E-state index in [4.69, 9.17) is 0 Å². The Hall–Kier alpha value is -2.53. The molecule has 0 unspecified atom stereocenters. The van der Waals surface area contributed by atoms with Gasteiger partial charge in [0.05, 0.1) is 0 Å². The quantitative estimate of drug-likeness (QED) is 0.478. The number of pyridine rings is 2.